The van der Waals surface area contributed by atoms with Crippen LogP contribution in [0, 0.1) is 0 Å². The number of aromatic nitrogens is 2. The van der Waals surface area contributed by atoms with E-state index in [0.717, 1.165) is 34.9 Å². The van der Waals surface area contributed by atoms with Crippen LogP contribution in [0.15, 0.2) is 61.1 Å². The monoisotopic (exact) mass is 582 g/mol. The van der Waals surface area contributed by atoms with Gasteiger partial charge in [0.15, 0.2) is 0 Å². The van der Waals surface area contributed by atoms with E-state index in [1.807, 2.05) is 54.9 Å². The Kier molecular flexibility index (Phi) is 6.45. The first-order valence-electron chi connectivity index (χ1n) is 9.38. The third kappa shape index (κ3) is 5.36. The summed E-state index contributed by atoms with van der Waals surface area (Å²) in [6.45, 7) is 2.54. The van der Waals surface area contributed by atoms with E-state index in [0.29, 0.717) is 45.8 Å². The second-order valence-corrected chi connectivity index (χ2v) is 9.11. The molecule has 7 nitrogen and oxygen atoms in total. The average Bonchev–Trinajstić information content (AvgIpc) is 3.14. The summed E-state index contributed by atoms with van der Waals surface area (Å²) in [6.07, 6.45) is 3.95. The van der Waals surface area contributed by atoms with Gasteiger partial charge in [-0.05, 0) is 5.56 Å². The molecule has 29 heavy (non-hydrogen) atoms. The van der Waals surface area contributed by atoms with Crippen LogP contribution < -0.4 is 15.0 Å². The SMILES string of the molecule is O=C(COCc1ccccc1)Nc1ccc2c(c1)N(Cc1c[n]([Tl])cn1)CCO2. The fraction of sp³-hybridized carbons (Fsp3) is 0.238. The summed E-state index contributed by atoms with van der Waals surface area (Å²) in [6, 6.07) is 15.5. The molecule has 0 fully saturated rings. The molecule has 2 aromatic carbocycles. The fourth-order valence-electron chi connectivity index (χ4n) is 3.20. The Balaban J connectivity index is 1.37. The zero-order valence-corrected chi connectivity index (χ0v) is 20.4. The van der Waals surface area contributed by atoms with Crippen LogP contribution >= 0.6 is 0 Å². The zero-order valence-electron chi connectivity index (χ0n) is 16.0. The standard InChI is InChI=1S/C21H22N4O3.Tl/c26-21(14-27-13-16-4-2-1-3-5-16)24-17-6-7-20-19(10-17)25(8-9-28-20)12-18-11-22-15-23-18;/h1-7,10-11,15H,8-9,12-14H2,(H2,22,23,24,26);/q;+1/p-1. The van der Waals surface area contributed by atoms with E-state index < -0.39 is 0 Å². The van der Waals surface area contributed by atoms with E-state index in [-0.39, 0.29) is 12.5 Å². The summed E-state index contributed by atoms with van der Waals surface area (Å²) in [5.41, 5.74) is 3.76. The van der Waals surface area contributed by atoms with Gasteiger partial charge >= 0.3 is 144 Å². The van der Waals surface area contributed by atoms with Gasteiger partial charge in [0.1, 0.15) is 0 Å². The van der Waals surface area contributed by atoms with E-state index >= 15 is 0 Å². The summed E-state index contributed by atoms with van der Waals surface area (Å²) in [7, 11) is 0. The molecule has 8 heteroatoms. The Labute approximate surface area is 185 Å². The van der Waals surface area contributed by atoms with Crippen LogP contribution in [0.1, 0.15) is 11.3 Å². The van der Waals surface area contributed by atoms with Crippen molar-refractivity contribution in [2.24, 2.45) is 0 Å². The molecule has 1 N–H and O–H groups in total. The predicted molar refractivity (Wildman–Crippen MR) is 111 cm³/mol. The molecular weight excluding hydrogens is 561 g/mol. The van der Waals surface area contributed by atoms with Gasteiger partial charge < -0.3 is 0 Å². The zero-order chi connectivity index (χ0) is 20.1. The molecule has 0 radical (unpaired) electrons. The molecule has 0 saturated heterocycles. The Hall–Kier alpha value is -2.40. The van der Waals surface area contributed by atoms with Gasteiger partial charge in [-0.15, -0.1) is 0 Å². The van der Waals surface area contributed by atoms with Crippen molar-refractivity contribution in [3.8, 4) is 5.75 Å². The summed E-state index contributed by atoms with van der Waals surface area (Å²) in [4.78, 5) is 18.9. The predicted octanol–water partition coefficient (Wildman–Crippen LogP) is 2.37. The first-order valence-corrected chi connectivity index (χ1v) is 11.4. The molecule has 1 aliphatic rings. The molecule has 4 rings (SSSR count). The molecule has 1 amide bonds. The molecule has 0 unspecified atom stereocenters. The van der Waals surface area contributed by atoms with Gasteiger partial charge in [-0.3, -0.25) is 0 Å². The summed E-state index contributed by atoms with van der Waals surface area (Å²) in [5.74, 6) is 0.640. The Bertz CT molecular complexity index is 977. The minimum atomic E-state index is -0.181. The van der Waals surface area contributed by atoms with Crippen molar-refractivity contribution in [2.45, 2.75) is 13.2 Å². The molecule has 3 aromatic rings. The molecule has 0 atom stereocenters. The van der Waals surface area contributed by atoms with Gasteiger partial charge in [0.25, 0.3) is 0 Å². The van der Waals surface area contributed by atoms with Gasteiger partial charge in [0.05, 0.1) is 6.61 Å². The minimum absolute atomic E-state index is 0.00476. The van der Waals surface area contributed by atoms with Crippen molar-refractivity contribution in [1.29, 1.82) is 0 Å². The molecule has 146 valence electrons. The van der Waals surface area contributed by atoms with Gasteiger partial charge in [-0.2, -0.15) is 0 Å². The number of nitrogens with zero attached hydrogens (tertiary/aromatic N) is 3. The summed E-state index contributed by atoms with van der Waals surface area (Å²) < 4.78 is 13.4. The first kappa shape index (κ1) is 19.9. The Morgan fingerprint density at radius 1 is 1.24 bits per heavy atom. The molecule has 0 saturated carbocycles. The quantitative estimate of drug-likeness (QED) is 0.434. The maximum absolute atomic E-state index is 12.3. The van der Waals surface area contributed by atoms with E-state index in [9.17, 15) is 4.79 Å². The van der Waals surface area contributed by atoms with Crippen LogP contribution in [-0.4, -0.2) is 59.1 Å². The number of anilines is 2. The number of imidazole rings is 1. The van der Waals surface area contributed by atoms with Crippen molar-refractivity contribution in [1.82, 2.24) is 7.36 Å². The third-order valence-corrected chi connectivity index (χ3v) is 5.65. The van der Waals surface area contributed by atoms with Crippen LogP contribution in [0.5, 0.6) is 5.75 Å². The maximum atomic E-state index is 12.3. The summed E-state index contributed by atoms with van der Waals surface area (Å²) >= 11 is 0.712. The van der Waals surface area contributed by atoms with Crippen LogP contribution in [0.3, 0.4) is 0 Å². The van der Waals surface area contributed by atoms with Crippen molar-refractivity contribution < 1.29 is 14.3 Å². The number of carbonyl (C=O) groups excluding carboxylic acids is 1. The number of fused-ring (bicyclic) bond motifs is 1. The van der Waals surface area contributed by atoms with Gasteiger partial charge in [0, 0.05) is 0 Å². The van der Waals surface area contributed by atoms with Gasteiger partial charge in [-0.1, -0.05) is 30.3 Å². The van der Waals surface area contributed by atoms with Crippen molar-refractivity contribution in [3.05, 3.63) is 72.3 Å². The van der Waals surface area contributed by atoms with E-state index in [1.165, 1.54) is 0 Å². The van der Waals surface area contributed by atoms with Crippen molar-refractivity contribution in [2.75, 3.05) is 30.0 Å². The molecule has 1 aliphatic heterocycles. The molecule has 1 aromatic heterocycles. The van der Waals surface area contributed by atoms with Gasteiger partial charge in [-0.25, -0.2) is 0 Å². The van der Waals surface area contributed by atoms with Crippen LogP contribution in [0.25, 0.3) is 0 Å². The average molecular weight is 582 g/mol. The number of nitrogens with one attached hydrogen (secondary N) is 1. The number of benzene rings is 2. The van der Waals surface area contributed by atoms with Crippen molar-refractivity contribution >= 4 is 43.3 Å². The molecule has 2 heterocycles. The van der Waals surface area contributed by atoms with Crippen LogP contribution in [0.2, 0.25) is 0 Å². The topological polar surface area (TPSA) is 68.6 Å². The fourth-order valence-corrected chi connectivity index (χ4v) is 4.13. The molecule has 0 aliphatic carbocycles. The Morgan fingerprint density at radius 3 is 2.90 bits per heavy atom. The van der Waals surface area contributed by atoms with E-state index in [1.54, 1.807) is 0 Å². The summed E-state index contributed by atoms with van der Waals surface area (Å²) in [5, 5.41) is 2.91. The number of hydrogen-bond donors (Lipinski definition) is 1. The number of carbonyl (C=O) groups is 1. The van der Waals surface area contributed by atoms with Crippen LogP contribution in [-0.2, 0) is 22.7 Å². The Morgan fingerprint density at radius 2 is 2.10 bits per heavy atom. The number of hydrogen-bond acceptors (Lipinski definition) is 5. The second kappa shape index (κ2) is 9.40. The number of amides is 1. The molecular formula is C21H21N4O3Tl. The van der Waals surface area contributed by atoms with Crippen molar-refractivity contribution in [3.63, 3.8) is 0 Å². The molecule has 0 spiro atoms. The third-order valence-electron chi connectivity index (χ3n) is 4.55. The van der Waals surface area contributed by atoms with E-state index in [4.69, 9.17) is 9.47 Å². The normalized spacial score (nSPS) is 12.9. The number of ether oxygens (including phenoxy) is 2. The second-order valence-electron chi connectivity index (χ2n) is 6.79. The number of rotatable bonds is 7. The van der Waals surface area contributed by atoms with Gasteiger partial charge in [0.2, 0.25) is 0 Å². The van der Waals surface area contributed by atoms with E-state index in [2.05, 4.69) is 23.8 Å². The molecule has 0 bridgehead atoms. The van der Waals surface area contributed by atoms with Crippen LogP contribution in [0.4, 0.5) is 11.4 Å². The first-order chi connectivity index (χ1) is 14.2.